The van der Waals surface area contributed by atoms with Gasteiger partial charge >= 0.3 is 0 Å². The van der Waals surface area contributed by atoms with Gasteiger partial charge in [0.2, 0.25) is 23.2 Å². The third kappa shape index (κ3) is 9.22. The molecular weight excluding hydrogens is 630 g/mol. The molecular formula is C41H61N3O6. The van der Waals surface area contributed by atoms with E-state index in [4.69, 9.17) is 0 Å². The fourth-order valence-corrected chi connectivity index (χ4v) is 9.51. The lowest BCUT2D eigenvalue weighted by Gasteiger charge is -2.40. The summed E-state index contributed by atoms with van der Waals surface area (Å²) in [6.07, 6.45) is 12.5. The molecule has 0 spiro atoms. The van der Waals surface area contributed by atoms with E-state index in [-0.39, 0.29) is 70.6 Å². The molecule has 2 N–H and O–H groups in total. The van der Waals surface area contributed by atoms with Gasteiger partial charge in [0.05, 0.1) is 5.69 Å². The Balaban J connectivity index is 1.36. The molecule has 9 heteroatoms. The van der Waals surface area contributed by atoms with Crippen LogP contribution in [-0.4, -0.2) is 57.7 Å². The van der Waals surface area contributed by atoms with E-state index in [9.17, 15) is 28.8 Å². The van der Waals surface area contributed by atoms with E-state index in [0.717, 1.165) is 70.6 Å². The van der Waals surface area contributed by atoms with Crippen molar-refractivity contribution in [3.05, 3.63) is 34.2 Å². The van der Waals surface area contributed by atoms with E-state index in [0.29, 0.717) is 43.6 Å². The summed E-state index contributed by atoms with van der Waals surface area (Å²) in [5.41, 5.74) is -0.758. The number of pyridine rings is 1. The van der Waals surface area contributed by atoms with Crippen LogP contribution in [0.5, 0.6) is 0 Å². The van der Waals surface area contributed by atoms with Crippen molar-refractivity contribution in [3.8, 4) is 0 Å². The molecule has 1 aliphatic heterocycles. The summed E-state index contributed by atoms with van der Waals surface area (Å²) in [4.78, 5) is 85.5. The second-order valence-electron chi connectivity index (χ2n) is 17.3. The average molecular weight is 692 g/mol. The normalized spacial score (nSPS) is 25.0. The summed E-state index contributed by atoms with van der Waals surface area (Å²) in [5.74, 6) is -0.891. The van der Waals surface area contributed by atoms with E-state index < -0.39 is 17.4 Å². The number of likely N-dealkylation sites (tertiary alicyclic amines) is 1. The molecule has 3 saturated carbocycles. The van der Waals surface area contributed by atoms with Crippen LogP contribution in [0.3, 0.4) is 0 Å². The van der Waals surface area contributed by atoms with E-state index in [1.165, 1.54) is 6.07 Å². The van der Waals surface area contributed by atoms with Crippen LogP contribution in [0.1, 0.15) is 141 Å². The van der Waals surface area contributed by atoms with Crippen molar-refractivity contribution >= 4 is 29.2 Å². The van der Waals surface area contributed by atoms with Gasteiger partial charge in [-0.15, -0.1) is 0 Å². The molecule has 0 radical (unpaired) electrons. The van der Waals surface area contributed by atoms with Crippen molar-refractivity contribution < 1.29 is 24.0 Å². The molecule has 50 heavy (non-hydrogen) atoms. The van der Waals surface area contributed by atoms with Crippen molar-refractivity contribution in [2.75, 3.05) is 6.54 Å². The number of amides is 2. The first-order valence-electron chi connectivity index (χ1n) is 19.7. The Labute approximate surface area is 298 Å². The number of nitrogens with one attached hydrogen (secondary N) is 2. The number of Topliss-reactive ketones (excluding diaryl/α,β-unsaturated/α-hetero) is 3. The Morgan fingerprint density at radius 1 is 0.960 bits per heavy atom. The molecule has 1 aromatic rings. The van der Waals surface area contributed by atoms with Gasteiger partial charge in [0.1, 0.15) is 6.04 Å². The number of aromatic nitrogens is 1. The number of carbonyl (C=O) groups excluding carboxylic acids is 5. The van der Waals surface area contributed by atoms with Crippen LogP contribution >= 0.6 is 0 Å². The highest BCUT2D eigenvalue weighted by Gasteiger charge is 2.51. The Morgan fingerprint density at radius 3 is 2.32 bits per heavy atom. The standard InChI is InChI=1S/C41H61N3O6/c1-6-12-28(37(48)34(46)22-26-19-20-26)21-25(2)36-30-16-10-15-29(30)24-44(36)40(50)38(41(3,4)5)43-39(49)31(27-13-8-7-9-14-27)23-33(45)32-17-11-18-35(47)42-32/h11,17-18,25-31,36,38H,6-10,12-16,19-24H2,1-5H3,(H,42,47)(H,43,49)/t25?,28-,29+,30+,31+,36-,38-/m1/s1. The van der Waals surface area contributed by atoms with Gasteiger partial charge in [-0.1, -0.05) is 72.8 Å². The fourth-order valence-electron chi connectivity index (χ4n) is 9.51. The molecule has 0 bridgehead atoms. The van der Waals surface area contributed by atoms with E-state index in [2.05, 4.69) is 24.1 Å². The third-order valence-corrected chi connectivity index (χ3v) is 12.4. The molecule has 1 aromatic heterocycles. The number of H-pyrrole nitrogens is 1. The van der Waals surface area contributed by atoms with Crippen LogP contribution in [0.2, 0.25) is 0 Å². The summed E-state index contributed by atoms with van der Waals surface area (Å²) in [5, 5.41) is 3.19. The topological polar surface area (TPSA) is 133 Å². The largest absolute Gasteiger partial charge is 0.344 e. The quantitative estimate of drug-likeness (QED) is 0.147. The molecule has 2 heterocycles. The lowest BCUT2D eigenvalue weighted by Crippen LogP contribution is -2.58. The lowest BCUT2D eigenvalue weighted by atomic mass is 9.76. The first-order valence-corrected chi connectivity index (χ1v) is 19.7. The summed E-state index contributed by atoms with van der Waals surface area (Å²) in [6.45, 7) is 10.8. The SMILES string of the molecule is CCC[C@H](CC(C)[C@@H]1[C@H]2CCC[C@H]2CN1C(=O)[C@@H](NC(=O)[C@@H](CC(=O)c1cccc(=O)[nH]1)C1CCCCC1)C(C)(C)C)C(=O)C(=O)CC1CC1. The summed E-state index contributed by atoms with van der Waals surface area (Å²) >= 11 is 0. The molecule has 5 rings (SSSR count). The molecule has 7 atom stereocenters. The van der Waals surface area contributed by atoms with Crippen LogP contribution in [0, 0.1) is 46.8 Å². The molecule has 4 fully saturated rings. The Hall–Kier alpha value is -3.10. The number of fused-ring (bicyclic) bond motifs is 1. The van der Waals surface area contributed by atoms with Crippen molar-refractivity contribution in [2.45, 2.75) is 143 Å². The van der Waals surface area contributed by atoms with Gasteiger partial charge in [-0.2, -0.15) is 0 Å². The number of hydrogen-bond acceptors (Lipinski definition) is 6. The summed E-state index contributed by atoms with van der Waals surface area (Å²) < 4.78 is 0. The molecule has 0 aromatic carbocycles. The van der Waals surface area contributed by atoms with Crippen LogP contribution in [0.15, 0.2) is 23.0 Å². The summed E-state index contributed by atoms with van der Waals surface area (Å²) in [7, 11) is 0. The highest BCUT2D eigenvalue weighted by atomic mass is 16.2. The van der Waals surface area contributed by atoms with Gasteiger partial charge in [0.25, 0.3) is 0 Å². The predicted octanol–water partition coefficient (Wildman–Crippen LogP) is 6.68. The van der Waals surface area contributed by atoms with E-state index >= 15 is 0 Å². The van der Waals surface area contributed by atoms with Gasteiger partial charge in [0, 0.05) is 43.3 Å². The lowest BCUT2D eigenvalue weighted by molar-refractivity contribution is -0.143. The highest BCUT2D eigenvalue weighted by Crippen LogP contribution is 2.47. The Kier molecular flexibility index (Phi) is 12.6. The van der Waals surface area contributed by atoms with Gasteiger partial charge in [0.15, 0.2) is 11.6 Å². The first kappa shape index (κ1) is 38.1. The maximum Gasteiger partial charge on any atom is 0.248 e. The van der Waals surface area contributed by atoms with Gasteiger partial charge < -0.3 is 15.2 Å². The van der Waals surface area contributed by atoms with Crippen molar-refractivity contribution in [2.24, 2.45) is 46.8 Å². The predicted molar refractivity (Wildman–Crippen MR) is 193 cm³/mol. The third-order valence-electron chi connectivity index (χ3n) is 12.4. The maximum atomic E-state index is 14.8. The van der Waals surface area contributed by atoms with Crippen molar-refractivity contribution in [3.63, 3.8) is 0 Å². The smallest absolute Gasteiger partial charge is 0.248 e. The number of hydrogen-bond donors (Lipinski definition) is 2. The minimum Gasteiger partial charge on any atom is -0.344 e. The molecule has 4 aliphatic rings. The number of nitrogens with zero attached hydrogens (tertiary/aromatic N) is 1. The number of carbonyl (C=O) groups is 5. The fraction of sp³-hybridized carbons (Fsp3) is 0.756. The minimum absolute atomic E-state index is 0.0217. The van der Waals surface area contributed by atoms with Crippen molar-refractivity contribution in [1.82, 2.24) is 15.2 Å². The van der Waals surface area contributed by atoms with Gasteiger partial charge in [-0.05, 0) is 92.4 Å². The maximum absolute atomic E-state index is 14.8. The highest BCUT2D eigenvalue weighted by molar-refractivity contribution is 6.38. The van der Waals surface area contributed by atoms with Crippen LogP contribution in [-0.2, 0) is 19.2 Å². The molecule has 3 aliphatic carbocycles. The molecule has 9 nitrogen and oxygen atoms in total. The second-order valence-corrected chi connectivity index (χ2v) is 17.3. The average Bonchev–Trinajstić information content (AvgIpc) is 3.65. The van der Waals surface area contributed by atoms with Crippen LogP contribution in [0.25, 0.3) is 0 Å². The zero-order valence-corrected chi connectivity index (χ0v) is 31.1. The van der Waals surface area contributed by atoms with Gasteiger partial charge in [-0.3, -0.25) is 28.8 Å². The number of ketones is 3. The molecule has 1 saturated heterocycles. The zero-order valence-electron chi connectivity index (χ0n) is 31.1. The Bertz CT molecular complexity index is 1450. The molecule has 2 amide bonds. The second kappa shape index (κ2) is 16.5. The zero-order chi connectivity index (χ0) is 36.2. The van der Waals surface area contributed by atoms with E-state index in [1.54, 1.807) is 12.1 Å². The minimum atomic E-state index is -0.797. The Morgan fingerprint density at radius 2 is 1.68 bits per heavy atom. The number of rotatable bonds is 16. The monoisotopic (exact) mass is 691 g/mol. The van der Waals surface area contributed by atoms with Crippen molar-refractivity contribution in [1.29, 1.82) is 0 Å². The molecule has 1 unspecified atom stereocenters. The van der Waals surface area contributed by atoms with Gasteiger partial charge in [-0.25, -0.2) is 0 Å². The van der Waals surface area contributed by atoms with E-state index in [1.807, 2.05) is 25.7 Å². The first-order chi connectivity index (χ1) is 23.8. The van der Waals surface area contributed by atoms with Crippen LogP contribution in [0.4, 0.5) is 0 Å². The number of aromatic amines is 1. The van der Waals surface area contributed by atoms with Crippen LogP contribution < -0.4 is 10.9 Å². The molecule has 276 valence electrons. The summed E-state index contributed by atoms with van der Waals surface area (Å²) in [6, 6.07) is 3.63.